The molecule has 0 unspecified atom stereocenters. The third kappa shape index (κ3) is 17.0. The van der Waals surface area contributed by atoms with Gasteiger partial charge in [0.25, 0.3) is 0 Å². The zero-order chi connectivity index (χ0) is 21.7. The van der Waals surface area contributed by atoms with E-state index in [4.69, 9.17) is 32.4 Å². The van der Waals surface area contributed by atoms with Crippen LogP contribution >= 0.6 is 24.8 Å². The van der Waals surface area contributed by atoms with Gasteiger partial charge in [0.2, 0.25) is 5.12 Å². The standard InChI is InChI=1S/C10H12OS.C7H6OS.CHN.2CH4O/c1-8(2)11-10(12)9-6-4-3-5-7-9;8-7(9)6-4-2-1-3-5-6;3*1-2/h3-8H,1-2H3;1-5H,(H,8,9);1H;2*2H,1H3. The molecule has 0 aromatic heterocycles. The summed E-state index contributed by atoms with van der Waals surface area (Å²) in [6.45, 7) is 7.44. The van der Waals surface area contributed by atoms with Gasteiger partial charge in [0.15, 0.2) is 5.05 Å². The van der Waals surface area contributed by atoms with Gasteiger partial charge >= 0.3 is 0 Å². The first-order valence-corrected chi connectivity index (χ1v) is 8.56. The molecule has 0 bridgehead atoms. The fourth-order valence-electron chi connectivity index (χ4n) is 1.44. The number of hydrogen-bond acceptors (Lipinski definition) is 6. The molecule has 0 aliphatic rings. The van der Waals surface area contributed by atoms with Crippen LogP contribution in [-0.4, -0.2) is 40.7 Å². The third-order valence-electron chi connectivity index (χ3n) is 2.37. The Bertz CT molecular complexity index is 618. The number of ether oxygens (including phenoxy) is 1. The van der Waals surface area contributed by atoms with Crippen LogP contribution in [0, 0.1) is 11.8 Å². The van der Waals surface area contributed by atoms with E-state index >= 15 is 0 Å². The number of aliphatic hydroxyl groups excluding tert-OH is 2. The lowest BCUT2D eigenvalue weighted by Gasteiger charge is -2.09. The maximum absolute atomic E-state index is 10.5. The summed E-state index contributed by atoms with van der Waals surface area (Å²) >= 11 is 8.72. The molecule has 0 saturated heterocycles. The highest BCUT2D eigenvalue weighted by molar-refractivity contribution is 7.97. The van der Waals surface area contributed by atoms with Gasteiger partial charge in [0, 0.05) is 31.9 Å². The summed E-state index contributed by atoms with van der Waals surface area (Å²) in [5.74, 6) is 0. The number of aliphatic hydroxyl groups is 2. The van der Waals surface area contributed by atoms with Crippen LogP contribution in [0.1, 0.15) is 29.8 Å². The second-order valence-electron chi connectivity index (χ2n) is 4.49. The van der Waals surface area contributed by atoms with Gasteiger partial charge in [-0.15, -0.1) is 12.6 Å². The van der Waals surface area contributed by atoms with Crippen molar-refractivity contribution in [2.24, 2.45) is 0 Å². The molecule has 0 amide bonds. The highest BCUT2D eigenvalue weighted by Gasteiger charge is 2.02. The number of thiocarbonyl (C=S) groups is 1. The van der Waals surface area contributed by atoms with Crippen molar-refractivity contribution in [3.63, 3.8) is 0 Å². The van der Waals surface area contributed by atoms with E-state index in [1.165, 1.54) is 0 Å². The van der Waals surface area contributed by atoms with Crippen molar-refractivity contribution in [1.29, 1.82) is 5.26 Å². The molecule has 148 valence electrons. The van der Waals surface area contributed by atoms with Crippen molar-refractivity contribution < 1.29 is 19.7 Å². The van der Waals surface area contributed by atoms with Gasteiger partial charge in [-0.25, -0.2) is 5.26 Å². The molecule has 0 saturated carbocycles. The molecule has 0 aliphatic carbocycles. The number of rotatable bonds is 3. The van der Waals surface area contributed by atoms with Crippen molar-refractivity contribution in [1.82, 2.24) is 0 Å². The van der Waals surface area contributed by atoms with Gasteiger partial charge in [-0.2, -0.15) is 0 Å². The van der Waals surface area contributed by atoms with Crippen LogP contribution in [0.25, 0.3) is 0 Å². The third-order valence-corrected chi connectivity index (χ3v) is 2.96. The fraction of sp³-hybridized carbons (Fsp3) is 0.250. The Kier molecular flexibility index (Phi) is 23.8. The van der Waals surface area contributed by atoms with Gasteiger partial charge in [-0.05, 0) is 26.1 Å². The fourth-order valence-corrected chi connectivity index (χ4v) is 1.91. The van der Waals surface area contributed by atoms with Crippen molar-refractivity contribution in [2.75, 3.05) is 14.2 Å². The van der Waals surface area contributed by atoms with E-state index in [1.54, 1.807) is 12.1 Å². The summed E-state index contributed by atoms with van der Waals surface area (Å²) < 4.78 is 5.37. The predicted octanol–water partition coefficient (Wildman–Crippen LogP) is 3.90. The van der Waals surface area contributed by atoms with E-state index in [9.17, 15) is 4.79 Å². The number of carbonyl (C=O) groups excluding carboxylic acids is 1. The molecule has 0 spiro atoms. The smallest absolute Gasteiger partial charge is 0.216 e. The quantitative estimate of drug-likeness (QED) is 0.526. The molecule has 2 aromatic carbocycles. The van der Waals surface area contributed by atoms with Gasteiger partial charge in [-0.1, -0.05) is 60.7 Å². The number of nitrogens with zero attached hydrogens (tertiary/aromatic N) is 1. The lowest BCUT2D eigenvalue weighted by atomic mass is 10.2. The van der Waals surface area contributed by atoms with E-state index in [-0.39, 0.29) is 11.2 Å². The monoisotopic (exact) mass is 409 g/mol. The lowest BCUT2D eigenvalue weighted by molar-refractivity contribution is 0.109. The lowest BCUT2D eigenvalue weighted by Crippen LogP contribution is -2.10. The van der Waals surface area contributed by atoms with Crippen LogP contribution in [0.3, 0.4) is 0 Å². The number of nitriles is 1. The zero-order valence-electron chi connectivity index (χ0n) is 15.9. The Morgan fingerprint density at radius 2 is 1.26 bits per heavy atom. The molecular formula is C20H27NO4S2. The van der Waals surface area contributed by atoms with Crippen LogP contribution in [-0.2, 0) is 4.74 Å². The summed E-state index contributed by atoms with van der Waals surface area (Å²) in [4.78, 5) is 10.5. The minimum absolute atomic E-state index is 0.151. The van der Waals surface area contributed by atoms with Crippen LogP contribution in [0.4, 0.5) is 0 Å². The largest absolute Gasteiger partial charge is 0.480 e. The van der Waals surface area contributed by atoms with E-state index in [0.717, 1.165) is 19.8 Å². The second kappa shape index (κ2) is 21.8. The number of thiol groups is 1. The van der Waals surface area contributed by atoms with Gasteiger partial charge in [-0.3, -0.25) is 4.79 Å². The average molecular weight is 410 g/mol. The first kappa shape index (κ1) is 29.5. The Hall–Kier alpha value is -2.24. The Morgan fingerprint density at radius 1 is 0.926 bits per heavy atom. The van der Waals surface area contributed by atoms with E-state index in [2.05, 4.69) is 19.2 Å². The minimum atomic E-state index is -0.185. The van der Waals surface area contributed by atoms with E-state index in [1.807, 2.05) is 62.4 Å². The highest BCUT2D eigenvalue weighted by Crippen LogP contribution is 2.04. The van der Waals surface area contributed by atoms with Crippen LogP contribution in [0.15, 0.2) is 60.7 Å². The minimum Gasteiger partial charge on any atom is -0.480 e. The van der Waals surface area contributed by atoms with Crippen LogP contribution in [0.5, 0.6) is 0 Å². The molecule has 2 N–H and O–H groups in total. The molecule has 0 radical (unpaired) electrons. The average Bonchev–Trinajstić information content (AvgIpc) is 2.74. The molecule has 5 nitrogen and oxygen atoms in total. The summed E-state index contributed by atoms with van der Waals surface area (Å²) in [6, 6.07) is 18.7. The van der Waals surface area contributed by atoms with E-state index in [0.29, 0.717) is 10.6 Å². The number of benzene rings is 2. The maximum atomic E-state index is 10.5. The van der Waals surface area contributed by atoms with Crippen molar-refractivity contribution in [3.8, 4) is 6.57 Å². The molecule has 2 rings (SSSR count). The normalized spacial score (nSPS) is 7.93. The molecule has 7 heteroatoms. The number of hydrogen-bond donors (Lipinski definition) is 3. The van der Waals surface area contributed by atoms with Gasteiger partial charge < -0.3 is 14.9 Å². The van der Waals surface area contributed by atoms with E-state index < -0.39 is 0 Å². The summed E-state index contributed by atoms with van der Waals surface area (Å²) in [5, 5.41) is 20.9. The highest BCUT2D eigenvalue weighted by atomic mass is 32.1. The molecule has 0 heterocycles. The molecule has 0 fully saturated rings. The second-order valence-corrected chi connectivity index (χ2v) is 5.27. The zero-order valence-corrected chi connectivity index (χ0v) is 17.7. The summed E-state index contributed by atoms with van der Waals surface area (Å²) in [7, 11) is 2.00. The number of carbonyl (C=O) groups is 1. The molecule has 2 aromatic rings. The predicted molar refractivity (Wildman–Crippen MR) is 117 cm³/mol. The van der Waals surface area contributed by atoms with Crippen molar-refractivity contribution >= 4 is 35.0 Å². The summed E-state index contributed by atoms with van der Waals surface area (Å²) in [6.07, 6.45) is 0.151. The SMILES string of the molecule is C#N.CC(C)OC(=S)c1ccccc1.CO.CO.O=C(S)c1ccccc1. The van der Waals surface area contributed by atoms with Crippen LogP contribution < -0.4 is 0 Å². The van der Waals surface area contributed by atoms with Crippen LogP contribution in [0.2, 0.25) is 0 Å². The Morgan fingerprint density at radius 3 is 1.52 bits per heavy atom. The van der Waals surface area contributed by atoms with Crippen molar-refractivity contribution in [3.05, 3.63) is 71.8 Å². The molecule has 0 aliphatic heterocycles. The summed E-state index contributed by atoms with van der Waals surface area (Å²) in [5.41, 5.74) is 1.61. The molecular weight excluding hydrogens is 382 g/mol. The maximum Gasteiger partial charge on any atom is 0.216 e. The Balaban J connectivity index is -0.000000341. The van der Waals surface area contributed by atoms with Gasteiger partial charge in [0.1, 0.15) is 0 Å². The van der Waals surface area contributed by atoms with Crippen molar-refractivity contribution in [2.45, 2.75) is 20.0 Å². The molecule has 0 atom stereocenters. The topological polar surface area (TPSA) is 90.6 Å². The molecule has 27 heavy (non-hydrogen) atoms. The Labute approximate surface area is 172 Å². The van der Waals surface area contributed by atoms with Gasteiger partial charge in [0.05, 0.1) is 6.10 Å². The first-order chi connectivity index (χ1) is 13.0. The first-order valence-electron chi connectivity index (χ1n) is 7.70.